The average Bonchev–Trinajstić information content (AvgIpc) is 2.47. The fourth-order valence-electron chi connectivity index (χ4n) is 1.71. The van der Waals surface area contributed by atoms with Gasteiger partial charge in [0, 0.05) is 4.90 Å². The van der Waals surface area contributed by atoms with E-state index in [0.717, 1.165) is 4.90 Å². The van der Waals surface area contributed by atoms with Gasteiger partial charge < -0.3 is 14.6 Å². The summed E-state index contributed by atoms with van der Waals surface area (Å²) in [5.41, 5.74) is 0.238. The number of hydrogen-bond acceptors (Lipinski definition) is 4. The number of para-hydroxylation sites is 1. The van der Waals surface area contributed by atoms with Crippen LogP contribution in [0.3, 0.4) is 0 Å². The largest absolute Gasteiger partial charge is 0.497 e. The molecule has 0 aromatic heterocycles. The van der Waals surface area contributed by atoms with E-state index in [4.69, 9.17) is 9.47 Å². The lowest BCUT2D eigenvalue weighted by molar-refractivity contribution is 0.0693. The molecule has 4 nitrogen and oxygen atoms in total. The van der Waals surface area contributed by atoms with E-state index in [-0.39, 0.29) is 5.56 Å². The minimum absolute atomic E-state index is 0.238. The highest BCUT2D eigenvalue weighted by Gasteiger charge is 2.14. The van der Waals surface area contributed by atoms with Crippen LogP contribution in [0.1, 0.15) is 10.4 Å². The molecule has 0 amide bonds. The molecular formula is C15H14O4S. The highest BCUT2D eigenvalue weighted by atomic mass is 32.2. The maximum absolute atomic E-state index is 11.3. The first-order chi connectivity index (χ1) is 9.65. The third kappa shape index (κ3) is 3.05. The maximum atomic E-state index is 11.3. The number of carboxylic acids is 1. The lowest BCUT2D eigenvalue weighted by atomic mass is 10.2. The first-order valence-corrected chi connectivity index (χ1v) is 6.69. The van der Waals surface area contributed by atoms with Gasteiger partial charge in [-0.2, -0.15) is 0 Å². The highest BCUT2D eigenvalue weighted by Crippen LogP contribution is 2.37. The number of hydrogen-bond donors (Lipinski definition) is 1. The van der Waals surface area contributed by atoms with E-state index in [2.05, 4.69) is 0 Å². The van der Waals surface area contributed by atoms with Gasteiger partial charge in [0.2, 0.25) is 0 Å². The van der Waals surface area contributed by atoms with Crippen LogP contribution in [0.4, 0.5) is 0 Å². The molecule has 0 aliphatic heterocycles. The first-order valence-electron chi connectivity index (χ1n) is 5.88. The zero-order valence-electron chi connectivity index (χ0n) is 11.1. The fraction of sp³-hybridized carbons (Fsp3) is 0.133. The molecule has 0 spiro atoms. The minimum Gasteiger partial charge on any atom is -0.497 e. The summed E-state index contributed by atoms with van der Waals surface area (Å²) in [5.74, 6) is 0.356. The predicted octanol–water partition coefficient (Wildman–Crippen LogP) is 3.55. The second-order valence-corrected chi connectivity index (χ2v) is 5.00. The first kappa shape index (κ1) is 14.3. The number of methoxy groups -OCH3 is 2. The topological polar surface area (TPSA) is 55.8 Å². The van der Waals surface area contributed by atoms with Gasteiger partial charge in [0.05, 0.1) is 24.7 Å². The Labute approximate surface area is 121 Å². The molecule has 5 heteroatoms. The Kier molecular flexibility index (Phi) is 4.53. The molecule has 0 heterocycles. The molecule has 2 aromatic rings. The van der Waals surface area contributed by atoms with Crippen molar-refractivity contribution >= 4 is 17.7 Å². The van der Waals surface area contributed by atoms with Crippen LogP contribution in [0.25, 0.3) is 0 Å². The SMILES string of the molecule is COc1ccc(C(=O)O)c(Sc2ccccc2OC)c1. The quantitative estimate of drug-likeness (QED) is 0.912. The van der Waals surface area contributed by atoms with Crippen molar-refractivity contribution in [3.8, 4) is 11.5 Å². The molecular weight excluding hydrogens is 276 g/mol. The summed E-state index contributed by atoms with van der Waals surface area (Å²) in [6.07, 6.45) is 0. The van der Waals surface area contributed by atoms with E-state index in [1.165, 1.54) is 11.8 Å². The number of ether oxygens (including phenoxy) is 2. The lowest BCUT2D eigenvalue weighted by Gasteiger charge is -2.11. The Morgan fingerprint density at radius 3 is 2.45 bits per heavy atom. The van der Waals surface area contributed by atoms with Crippen LogP contribution in [0.15, 0.2) is 52.3 Å². The van der Waals surface area contributed by atoms with Gasteiger partial charge in [-0.15, -0.1) is 0 Å². The number of benzene rings is 2. The monoisotopic (exact) mass is 290 g/mol. The van der Waals surface area contributed by atoms with Crippen molar-refractivity contribution in [1.29, 1.82) is 0 Å². The smallest absolute Gasteiger partial charge is 0.336 e. The van der Waals surface area contributed by atoms with E-state index in [0.29, 0.717) is 16.4 Å². The molecule has 0 unspecified atom stereocenters. The van der Waals surface area contributed by atoms with Crippen molar-refractivity contribution in [2.24, 2.45) is 0 Å². The van der Waals surface area contributed by atoms with Crippen LogP contribution >= 0.6 is 11.8 Å². The van der Waals surface area contributed by atoms with E-state index in [1.54, 1.807) is 32.4 Å². The predicted molar refractivity (Wildman–Crippen MR) is 77.1 cm³/mol. The van der Waals surface area contributed by atoms with Gasteiger partial charge in [-0.25, -0.2) is 4.79 Å². The summed E-state index contributed by atoms with van der Waals surface area (Å²) in [7, 11) is 3.14. The van der Waals surface area contributed by atoms with E-state index >= 15 is 0 Å². The molecule has 0 bridgehead atoms. The molecule has 0 radical (unpaired) electrons. The minimum atomic E-state index is -0.968. The van der Waals surface area contributed by atoms with Gasteiger partial charge >= 0.3 is 5.97 Å². The summed E-state index contributed by atoms with van der Waals surface area (Å²) in [6.45, 7) is 0. The van der Waals surface area contributed by atoms with Gasteiger partial charge in [-0.3, -0.25) is 0 Å². The highest BCUT2D eigenvalue weighted by molar-refractivity contribution is 7.99. The Hall–Kier alpha value is -2.14. The van der Waals surface area contributed by atoms with Crippen LogP contribution < -0.4 is 9.47 Å². The van der Waals surface area contributed by atoms with E-state index in [1.807, 2.05) is 24.3 Å². The molecule has 104 valence electrons. The van der Waals surface area contributed by atoms with E-state index < -0.39 is 5.97 Å². The molecule has 2 rings (SSSR count). The summed E-state index contributed by atoms with van der Waals surface area (Å²) in [5, 5.41) is 9.25. The zero-order chi connectivity index (χ0) is 14.5. The Morgan fingerprint density at radius 2 is 1.80 bits per heavy atom. The van der Waals surface area contributed by atoms with Gasteiger partial charge in [-0.05, 0) is 30.3 Å². The third-order valence-electron chi connectivity index (χ3n) is 2.71. The van der Waals surface area contributed by atoms with Crippen molar-refractivity contribution in [2.75, 3.05) is 14.2 Å². The molecule has 0 atom stereocenters. The third-order valence-corrected chi connectivity index (χ3v) is 3.82. The Bertz CT molecular complexity index is 625. The van der Waals surface area contributed by atoms with Crippen molar-refractivity contribution in [3.63, 3.8) is 0 Å². The Balaban J connectivity index is 2.43. The molecule has 0 saturated heterocycles. The number of aromatic carboxylic acids is 1. The summed E-state index contributed by atoms with van der Waals surface area (Å²) in [4.78, 5) is 12.7. The molecule has 0 fully saturated rings. The van der Waals surface area contributed by atoms with Crippen molar-refractivity contribution in [1.82, 2.24) is 0 Å². The van der Waals surface area contributed by atoms with Crippen LogP contribution in [-0.2, 0) is 0 Å². The van der Waals surface area contributed by atoms with Crippen LogP contribution in [-0.4, -0.2) is 25.3 Å². The van der Waals surface area contributed by atoms with Crippen LogP contribution in [0.5, 0.6) is 11.5 Å². The van der Waals surface area contributed by atoms with Crippen molar-refractivity contribution in [2.45, 2.75) is 9.79 Å². The zero-order valence-corrected chi connectivity index (χ0v) is 11.9. The second-order valence-electron chi connectivity index (χ2n) is 3.92. The molecule has 1 N–H and O–H groups in total. The standard InChI is InChI=1S/C15H14O4S/c1-18-10-7-8-11(15(16)17)14(9-10)20-13-6-4-3-5-12(13)19-2/h3-9H,1-2H3,(H,16,17). The molecule has 0 saturated carbocycles. The number of carbonyl (C=O) groups is 1. The summed E-state index contributed by atoms with van der Waals surface area (Å²) >= 11 is 1.34. The van der Waals surface area contributed by atoms with Crippen LogP contribution in [0, 0.1) is 0 Å². The molecule has 0 aliphatic rings. The van der Waals surface area contributed by atoms with Gasteiger partial charge in [-0.1, -0.05) is 23.9 Å². The van der Waals surface area contributed by atoms with Gasteiger partial charge in [0.25, 0.3) is 0 Å². The van der Waals surface area contributed by atoms with E-state index in [9.17, 15) is 9.90 Å². The normalized spacial score (nSPS) is 10.1. The maximum Gasteiger partial charge on any atom is 0.336 e. The molecule has 0 aliphatic carbocycles. The molecule has 2 aromatic carbocycles. The molecule has 20 heavy (non-hydrogen) atoms. The Morgan fingerprint density at radius 1 is 1.05 bits per heavy atom. The van der Waals surface area contributed by atoms with Gasteiger partial charge in [0.15, 0.2) is 0 Å². The van der Waals surface area contributed by atoms with Crippen LogP contribution in [0.2, 0.25) is 0 Å². The fourth-order valence-corrected chi connectivity index (χ4v) is 2.79. The lowest BCUT2D eigenvalue weighted by Crippen LogP contribution is -1.99. The summed E-state index contributed by atoms with van der Waals surface area (Å²) < 4.78 is 10.4. The summed E-state index contributed by atoms with van der Waals surface area (Å²) in [6, 6.07) is 12.4. The number of carboxylic acid groups (broad SMARTS) is 1. The van der Waals surface area contributed by atoms with Crippen molar-refractivity contribution < 1.29 is 19.4 Å². The average molecular weight is 290 g/mol. The number of rotatable bonds is 5. The second kappa shape index (κ2) is 6.34. The van der Waals surface area contributed by atoms with Crippen molar-refractivity contribution in [3.05, 3.63) is 48.0 Å². The van der Waals surface area contributed by atoms with Gasteiger partial charge in [0.1, 0.15) is 11.5 Å².